The zero-order valence-corrected chi connectivity index (χ0v) is 12.9. The molecule has 0 radical (unpaired) electrons. The van der Waals surface area contributed by atoms with Crippen molar-refractivity contribution in [2.24, 2.45) is 0 Å². The van der Waals surface area contributed by atoms with Crippen molar-refractivity contribution in [2.45, 2.75) is 56.8 Å². The summed E-state index contributed by atoms with van der Waals surface area (Å²) in [6.07, 6.45) is -3.94. The first-order chi connectivity index (χ1) is 10.3. The van der Waals surface area contributed by atoms with E-state index in [-0.39, 0.29) is 0 Å². The van der Waals surface area contributed by atoms with E-state index in [4.69, 9.17) is 14.2 Å². The van der Waals surface area contributed by atoms with Crippen molar-refractivity contribution >= 4 is 0 Å². The number of aliphatic hydroxyl groups excluding tert-OH is 3. The summed E-state index contributed by atoms with van der Waals surface area (Å²) in [6.45, 7) is 4.78. The first-order valence-corrected chi connectivity index (χ1v) is 7.38. The fourth-order valence-electron chi connectivity index (χ4n) is 3.29. The molecule has 1 aromatic rings. The minimum atomic E-state index is -1.45. The number of rotatable bonds is 3. The monoisotopic (exact) mass is 310 g/mol. The highest BCUT2D eigenvalue weighted by Gasteiger charge is 2.65. The topological polar surface area (TPSA) is 88.4 Å². The summed E-state index contributed by atoms with van der Waals surface area (Å²) in [6, 6.07) is 7.34. The molecule has 3 rings (SSSR count). The number of aliphatic hydroxyl groups is 3. The van der Waals surface area contributed by atoms with Crippen molar-refractivity contribution in [2.75, 3.05) is 6.61 Å². The molecule has 6 nitrogen and oxygen atoms in total. The molecule has 0 spiro atoms. The second kappa shape index (κ2) is 5.26. The van der Waals surface area contributed by atoms with Crippen LogP contribution in [0.3, 0.4) is 0 Å². The molecule has 3 N–H and O–H groups in total. The first-order valence-electron chi connectivity index (χ1n) is 7.38. The maximum absolute atomic E-state index is 10.6. The molecule has 0 aliphatic carbocycles. The average Bonchev–Trinajstić information content (AvgIpc) is 2.88. The fraction of sp³-hybridized carbons (Fsp3) is 0.625. The van der Waals surface area contributed by atoms with E-state index in [1.807, 2.05) is 25.1 Å². The number of aryl methyl sites for hydroxylation is 1. The van der Waals surface area contributed by atoms with Gasteiger partial charge >= 0.3 is 0 Å². The van der Waals surface area contributed by atoms with Crippen LogP contribution in [0.25, 0.3) is 0 Å². The van der Waals surface area contributed by atoms with Gasteiger partial charge in [-0.15, -0.1) is 0 Å². The van der Waals surface area contributed by atoms with Gasteiger partial charge in [0.2, 0.25) is 5.79 Å². The number of hydrogen-bond acceptors (Lipinski definition) is 6. The smallest absolute Gasteiger partial charge is 0.224 e. The van der Waals surface area contributed by atoms with Crippen LogP contribution in [-0.4, -0.2) is 51.8 Å². The first kappa shape index (κ1) is 15.9. The van der Waals surface area contributed by atoms with Crippen LogP contribution in [0.2, 0.25) is 0 Å². The maximum Gasteiger partial charge on any atom is 0.224 e. The number of hydrogen-bond donors (Lipinski definition) is 3. The van der Waals surface area contributed by atoms with Crippen LogP contribution in [0, 0.1) is 6.92 Å². The van der Waals surface area contributed by atoms with Crippen molar-refractivity contribution in [3.63, 3.8) is 0 Å². The Labute approximate surface area is 129 Å². The lowest BCUT2D eigenvalue weighted by Crippen LogP contribution is -2.43. The van der Waals surface area contributed by atoms with Gasteiger partial charge in [-0.25, -0.2) is 0 Å². The third kappa shape index (κ3) is 2.36. The molecule has 0 amide bonds. The Morgan fingerprint density at radius 1 is 1.23 bits per heavy atom. The van der Waals surface area contributed by atoms with Gasteiger partial charge in [-0.2, -0.15) is 0 Å². The van der Waals surface area contributed by atoms with Gasteiger partial charge in [0.1, 0.15) is 31.0 Å². The molecule has 1 unspecified atom stereocenters. The molecule has 22 heavy (non-hydrogen) atoms. The fourth-order valence-corrected chi connectivity index (χ4v) is 3.29. The third-order valence-corrected chi connectivity index (χ3v) is 4.28. The van der Waals surface area contributed by atoms with Gasteiger partial charge in [0.25, 0.3) is 0 Å². The summed E-state index contributed by atoms with van der Waals surface area (Å²) < 4.78 is 17.1. The average molecular weight is 310 g/mol. The molecule has 2 aliphatic rings. The second-order valence-corrected chi connectivity index (χ2v) is 6.38. The quantitative estimate of drug-likeness (QED) is 0.759. The van der Waals surface area contributed by atoms with Gasteiger partial charge < -0.3 is 29.5 Å². The molecular weight excluding hydrogens is 288 g/mol. The van der Waals surface area contributed by atoms with Gasteiger partial charge in [0, 0.05) is 0 Å². The minimum absolute atomic E-state index is 0.463. The van der Waals surface area contributed by atoms with Crippen LogP contribution in [-0.2, 0) is 14.2 Å². The van der Waals surface area contributed by atoms with Crippen LogP contribution >= 0.6 is 0 Å². The van der Waals surface area contributed by atoms with Crippen LogP contribution < -0.4 is 0 Å². The zero-order valence-electron chi connectivity index (χ0n) is 12.9. The summed E-state index contributed by atoms with van der Waals surface area (Å²) in [5.41, 5.74) is 1.56. The highest BCUT2D eigenvalue weighted by Crippen LogP contribution is 2.47. The maximum atomic E-state index is 10.6. The van der Waals surface area contributed by atoms with E-state index < -0.39 is 42.6 Å². The number of ether oxygens (including phenoxy) is 3. The molecular formula is C16H22O6. The molecule has 0 saturated carbocycles. The Kier molecular flexibility index (Phi) is 3.79. The van der Waals surface area contributed by atoms with Crippen LogP contribution in [0.1, 0.15) is 31.1 Å². The highest BCUT2D eigenvalue weighted by atomic mass is 16.9. The third-order valence-electron chi connectivity index (χ3n) is 4.28. The van der Waals surface area contributed by atoms with E-state index in [1.54, 1.807) is 19.9 Å². The lowest BCUT2D eigenvalue weighted by atomic mass is 9.95. The molecule has 122 valence electrons. The molecule has 2 heterocycles. The van der Waals surface area contributed by atoms with Crippen LogP contribution in [0.4, 0.5) is 0 Å². The van der Waals surface area contributed by atoms with Crippen molar-refractivity contribution in [1.29, 1.82) is 0 Å². The summed E-state index contributed by atoms with van der Waals surface area (Å²) in [4.78, 5) is 0. The van der Waals surface area contributed by atoms with Crippen molar-refractivity contribution in [3.8, 4) is 0 Å². The largest absolute Gasteiger partial charge is 0.391 e. The lowest BCUT2D eigenvalue weighted by Gasteiger charge is -2.29. The highest BCUT2D eigenvalue weighted by molar-refractivity contribution is 5.29. The SMILES string of the molecule is Cc1ccccc1C(O)[C@@H]1O[C@@]2(CO)OC(C)(C)O[C@H]2[C@@H]1O. The predicted octanol–water partition coefficient (Wildman–Crippen LogP) is 0.628. The van der Waals surface area contributed by atoms with Gasteiger partial charge in [0.05, 0.1) is 0 Å². The predicted molar refractivity (Wildman–Crippen MR) is 76.9 cm³/mol. The standard InChI is InChI=1S/C16H22O6/c1-9-6-4-5-7-10(9)11(18)13-12(19)14-16(8-17,20-13)22-15(2,3)21-14/h4-7,11-14,17-19H,8H2,1-3H3/t11?,12-,13+,14+,16+/m1/s1. The molecule has 0 bridgehead atoms. The molecule has 2 aliphatic heterocycles. The van der Waals surface area contributed by atoms with Crippen molar-refractivity contribution in [1.82, 2.24) is 0 Å². The van der Waals surface area contributed by atoms with E-state index >= 15 is 0 Å². The van der Waals surface area contributed by atoms with E-state index in [2.05, 4.69) is 0 Å². The summed E-state index contributed by atoms with van der Waals surface area (Å²) in [7, 11) is 0. The molecule has 6 heteroatoms. The van der Waals surface area contributed by atoms with Gasteiger partial charge in [-0.3, -0.25) is 0 Å². The Balaban J connectivity index is 1.88. The Morgan fingerprint density at radius 2 is 1.91 bits per heavy atom. The summed E-state index contributed by atoms with van der Waals surface area (Å²) in [5.74, 6) is -2.41. The van der Waals surface area contributed by atoms with Crippen LogP contribution in [0.15, 0.2) is 24.3 Å². The van der Waals surface area contributed by atoms with E-state index in [0.717, 1.165) is 5.56 Å². The lowest BCUT2D eigenvalue weighted by molar-refractivity contribution is -0.282. The van der Waals surface area contributed by atoms with E-state index in [1.165, 1.54) is 0 Å². The van der Waals surface area contributed by atoms with Gasteiger partial charge in [0.15, 0.2) is 5.79 Å². The molecule has 2 saturated heterocycles. The molecule has 2 fully saturated rings. The van der Waals surface area contributed by atoms with Gasteiger partial charge in [-0.1, -0.05) is 24.3 Å². The summed E-state index contributed by atoms with van der Waals surface area (Å²) >= 11 is 0. The van der Waals surface area contributed by atoms with E-state index in [9.17, 15) is 15.3 Å². The molecule has 0 aromatic heterocycles. The van der Waals surface area contributed by atoms with E-state index in [0.29, 0.717) is 5.56 Å². The zero-order chi connectivity index (χ0) is 16.1. The normalized spacial score (nSPS) is 38.0. The minimum Gasteiger partial charge on any atom is -0.391 e. The Hall–Kier alpha value is -1.02. The molecule has 1 aromatic carbocycles. The summed E-state index contributed by atoms with van der Waals surface area (Å²) in [5, 5.41) is 30.8. The van der Waals surface area contributed by atoms with Gasteiger partial charge in [-0.05, 0) is 31.9 Å². The number of benzene rings is 1. The number of fused-ring (bicyclic) bond motifs is 1. The molecule has 5 atom stereocenters. The second-order valence-electron chi connectivity index (χ2n) is 6.38. The van der Waals surface area contributed by atoms with Crippen molar-refractivity contribution < 1.29 is 29.5 Å². The Bertz CT molecular complexity index is 559. The van der Waals surface area contributed by atoms with Crippen LogP contribution in [0.5, 0.6) is 0 Å². The Morgan fingerprint density at radius 3 is 2.50 bits per heavy atom. The van der Waals surface area contributed by atoms with Crippen molar-refractivity contribution in [3.05, 3.63) is 35.4 Å².